The summed E-state index contributed by atoms with van der Waals surface area (Å²) in [4.78, 5) is 12.2. The normalized spacial score (nSPS) is 10.5. The van der Waals surface area contributed by atoms with Crippen molar-refractivity contribution < 1.29 is 0 Å². The van der Waals surface area contributed by atoms with Gasteiger partial charge in [-0.25, -0.2) is 15.0 Å². The Kier molecular flexibility index (Phi) is 2.57. The van der Waals surface area contributed by atoms with Crippen molar-refractivity contribution in [3.63, 3.8) is 0 Å². The molecule has 2 heterocycles. The van der Waals surface area contributed by atoms with Crippen molar-refractivity contribution in [2.75, 3.05) is 0 Å². The molecular formula is C13H11N5. The predicted molar refractivity (Wildman–Crippen MR) is 67.5 cm³/mol. The molecule has 0 saturated heterocycles. The van der Waals surface area contributed by atoms with E-state index in [2.05, 4.69) is 20.1 Å². The number of aromatic nitrogens is 5. The van der Waals surface area contributed by atoms with Crippen molar-refractivity contribution in [2.24, 2.45) is 7.05 Å². The highest BCUT2D eigenvalue weighted by atomic mass is 15.2. The van der Waals surface area contributed by atoms with Gasteiger partial charge in [0.15, 0.2) is 5.82 Å². The molecule has 0 aliphatic rings. The summed E-state index contributed by atoms with van der Waals surface area (Å²) in [6.45, 7) is 0. The average molecular weight is 237 g/mol. The minimum absolute atomic E-state index is 0.659. The van der Waals surface area contributed by atoms with Crippen LogP contribution in [-0.4, -0.2) is 24.7 Å². The van der Waals surface area contributed by atoms with Gasteiger partial charge in [0, 0.05) is 24.4 Å². The standard InChI is InChI=1S/C13H11N5/c1-18-7-6-12(17-18)10-4-2-3-5-11(10)13-15-8-14-9-16-13/h2-9H,1H3. The van der Waals surface area contributed by atoms with Crippen LogP contribution in [0.2, 0.25) is 0 Å². The first kappa shape index (κ1) is 10.6. The average Bonchev–Trinajstić information content (AvgIpc) is 2.86. The maximum absolute atomic E-state index is 4.41. The summed E-state index contributed by atoms with van der Waals surface area (Å²) >= 11 is 0. The molecule has 1 aromatic carbocycles. The van der Waals surface area contributed by atoms with E-state index >= 15 is 0 Å². The summed E-state index contributed by atoms with van der Waals surface area (Å²) in [5, 5.41) is 4.41. The molecule has 88 valence electrons. The molecule has 3 rings (SSSR count). The molecule has 0 unspecified atom stereocenters. The third-order valence-corrected chi connectivity index (χ3v) is 2.65. The van der Waals surface area contributed by atoms with Crippen LogP contribution in [0.15, 0.2) is 49.2 Å². The Labute approximate surface area is 104 Å². The van der Waals surface area contributed by atoms with Crippen LogP contribution in [0.3, 0.4) is 0 Å². The zero-order valence-corrected chi connectivity index (χ0v) is 9.85. The number of hydrogen-bond donors (Lipinski definition) is 0. The Hall–Kier alpha value is -2.56. The van der Waals surface area contributed by atoms with E-state index in [0.717, 1.165) is 16.8 Å². The lowest BCUT2D eigenvalue weighted by molar-refractivity contribution is 0.771. The van der Waals surface area contributed by atoms with Crippen LogP contribution in [-0.2, 0) is 7.05 Å². The van der Waals surface area contributed by atoms with Gasteiger partial charge in [0.05, 0.1) is 5.69 Å². The first-order chi connectivity index (χ1) is 8.84. The molecule has 0 aliphatic heterocycles. The minimum Gasteiger partial charge on any atom is -0.275 e. The number of hydrogen-bond acceptors (Lipinski definition) is 4. The molecule has 5 heteroatoms. The quantitative estimate of drug-likeness (QED) is 0.683. The van der Waals surface area contributed by atoms with E-state index in [9.17, 15) is 0 Å². The van der Waals surface area contributed by atoms with Crippen molar-refractivity contribution in [1.82, 2.24) is 24.7 Å². The largest absolute Gasteiger partial charge is 0.275 e. The molecular weight excluding hydrogens is 226 g/mol. The summed E-state index contributed by atoms with van der Waals surface area (Å²) in [5.41, 5.74) is 2.89. The monoisotopic (exact) mass is 237 g/mol. The number of rotatable bonds is 2. The second-order valence-electron chi connectivity index (χ2n) is 3.88. The van der Waals surface area contributed by atoms with E-state index in [1.807, 2.05) is 43.6 Å². The fraction of sp³-hybridized carbons (Fsp3) is 0.0769. The highest BCUT2D eigenvalue weighted by Crippen LogP contribution is 2.27. The Morgan fingerprint density at radius 1 is 0.944 bits per heavy atom. The summed E-state index contributed by atoms with van der Waals surface area (Å²) in [6, 6.07) is 9.92. The minimum atomic E-state index is 0.659. The number of benzene rings is 1. The summed E-state index contributed by atoms with van der Waals surface area (Å²) in [6.07, 6.45) is 4.91. The highest BCUT2D eigenvalue weighted by Gasteiger charge is 2.10. The lowest BCUT2D eigenvalue weighted by Crippen LogP contribution is -1.93. The van der Waals surface area contributed by atoms with Gasteiger partial charge in [-0.2, -0.15) is 5.10 Å². The van der Waals surface area contributed by atoms with E-state index < -0.39 is 0 Å². The van der Waals surface area contributed by atoms with Gasteiger partial charge in [-0.15, -0.1) is 0 Å². The Morgan fingerprint density at radius 3 is 2.33 bits per heavy atom. The van der Waals surface area contributed by atoms with Crippen LogP contribution in [0, 0.1) is 0 Å². The third-order valence-electron chi connectivity index (χ3n) is 2.65. The van der Waals surface area contributed by atoms with Crippen molar-refractivity contribution in [3.05, 3.63) is 49.2 Å². The maximum Gasteiger partial charge on any atom is 0.163 e. The molecule has 18 heavy (non-hydrogen) atoms. The molecule has 0 bridgehead atoms. The van der Waals surface area contributed by atoms with Crippen LogP contribution in [0.25, 0.3) is 22.6 Å². The van der Waals surface area contributed by atoms with Gasteiger partial charge in [-0.1, -0.05) is 24.3 Å². The first-order valence-corrected chi connectivity index (χ1v) is 5.56. The molecule has 0 N–H and O–H groups in total. The van der Waals surface area contributed by atoms with E-state index in [-0.39, 0.29) is 0 Å². The molecule has 0 radical (unpaired) electrons. The maximum atomic E-state index is 4.41. The van der Waals surface area contributed by atoms with Crippen LogP contribution < -0.4 is 0 Å². The van der Waals surface area contributed by atoms with Crippen molar-refractivity contribution >= 4 is 0 Å². The molecule has 0 saturated carbocycles. The second-order valence-corrected chi connectivity index (χ2v) is 3.88. The molecule has 0 spiro atoms. The first-order valence-electron chi connectivity index (χ1n) is 5.56. The Morgan fingerprint density at radius 2 is 1.67 bits per heavy atom. The lowest BCUT2D eigenvalue weighted by Gasteiger charge is -2.05. The molecule has 0 fully saturated rings. The predicted octanol–water partition coefficient (Wildman–Crippen LogP) is 1.94. The van der Waals surface area contributed by atoms with Crippen LogP contribution >= 0.6 is 0 Å². The van der Waals surface area contributed by atoms with Crippen molar-refractivity contribution in [3.8, 4) is 22.6 Å². The topological polar surface area (TPSA) is 56.5 Å². The molecule has 3 aromatic rings. The molecule has 5 nitrogen and oxygen atoms in total. The number of nitrogens with zero attached hydrogens (tertiary/aromatic N) is 5. The van der Waals surface area contributed by atoms with E-state index in [1.54, 1.807) is 4.68 Å². The lowest BCUT2D eigenvalue weighted by atomic mass is 10.0. The zero-order valence-electron chi connectivity index (χ0n) is 9.85. The van der Waals surface area contributed by atoms with Gasteiger partial charge in [-0.3, -0.25) is 4.68 Å². The van der Waals surface area contributed by atoms with Gasteiger partial charge >= 0.3 is 0 Å². The third kappa shape index (κ3) is 1.86. The Balaban J connectivity index is 2.17. The Bertz CT molecular complexity index is 660. The van der Waals surface area contributed by atoms with Crippen molar-refractivity contribution in [2.45, 2.75) is 0 Å². The zero-order chi connectivity index (χ0) is 12.4. The van der Waals surface area contributed by atoms with Crippen LogP contribution in [0.4, 0.5) is 0 Å². The molecule has 0 atom stereocenters. The van der Waals surface area contributed by atoms with Gasteiger partial charge in [-0.05, 0) is 6.07 Å². The van der Waals surface area contributed by atoms with Gasteiger partial charge in [0.2, 0.25) is 0 Å². The van der Waals surface area contributed by atoms with E-state index in [4.69, 9.17) is 0 Å². The van der Waals surface area contributed by atoms with Crippen molar-refractivity contribution in [1.29, 1.82) is 0 Å². The highest BCUT2D eigenvalue weighted by molar-refractivity contribution is 5.78. The van der Waals surface area contributed by atoms with Crippen LogP contribution in [0.1, 0.15) is 0 Å². The van der Waals surface area contributed by atoms with Gasteiger partial charge < -0.3 is 0 Å². The summed E-state index contributed by atoms with van der Waals surface area (Å²) < 4.78 is 1.78. The molecule has 0 aliphatic carbocycles. The SMILES string of the molecule is Cn1ccc(-c2ccccc2-c2ncncn2)n1. The van der Waals surface area contributed by atoms with Crippen LogP contribution in [0.5, 0.6) is 0 Å². The molecule has 0 amide bonds. The van der Waals surface area contributed by atoms with E-state index in [1.165, 1.54) is 12.7 Å². The fourth-order valence-corrected chi connectivity index (χ4v) is 1.84. The van der Waals surface area contributed by atoms with E-state index in [0.29, 0.717) is 5.82 Å². The summed E-state index contributed by atoms with van der Waals surface area (Å²) in [7, 11) is 1.90. The number of aryl methyl sites for hydroxylation is 1. The van der Waals surface area contributed by atoms with Gasteiger partial charge in [0.25, 0.3) is 0 Å². The second kappa shape index (κ2) is 4.37. The smallest absolute Gasteiger partial charge is 0.163 e. The molecule has 2 aromatic heterocycles. The van der Waals surface area contributed by atoms with Gasteiger partial charge in [0.1, 0.15) is 12.7 Å². The fourth-order valence-electron chi connectivity index (χ4n) is 1.84. The summed E-state index contributed by atoms with van der Waals surface area (Å²) in [5.74, 6) is 0.659.